The minimum absolute atomic E-state index is 0.0460. The van der Waals surface area contributed by atoms with Crippen LogP contribution < -0.4 is 10.3 Å². The zero-order chi connectivity index (χ0) is 14.6. The van der Waals surface area contributed by atoms with Crippen molar-refractivity contribution in [3.05, 3.63) is 70.1 Å². The van der Waals surface area contributed by atoms with Crippen molar-refractivity contribution in [3.8, 4) is 0 Å². The van der Waals surface area contributed by atoms with E-state index in [-0.39, 0.29) is 12.1 Å². The molecule has 0 saturated carbocycles. The fourth-order valence-corrected chi connectivity index (χ4v) is 2.19. The molecule has 0 aliphatic carbocycles. The third kappa shape index (κ3) is 4.32. The summed E-state index contributed by atoms with van der Waals surface area (Å²) in [5.41, 5.74) is 1.82. The molecule has 0 radical (unpaired) electrons. The molecule has 1 N–H and O–H groups in total. The van der Waals surface area contributed by atoms with Gasteiger partial charge in [-0.1, -0.05) is 30.3 Å². The minimum atomic E-state index is -3.18. The first-order chi connectivity index (χ1) is 9.44. The molecule has 0 spiro atoms. The van der Waals surface area contributed by atoms with Crippen molar-refractivity contribution in [2.75, 3.05) is 6.26 Å². The third-order valence-electron chi connectivity index (χ3n) is 2.81. The van der Waals surface area contributed by atoms with Crippen LogP contribution in [0.1, 0.15) is 11.1 Å². The summed E-state index contributed by atoms with van der Waals surface area (Å²) >= 11 is 0. The Hall–Kier alpha value is -1.92. The Labute approximate surface area is 117 Å². The molecule has 1 aromatic heterocycles. The summed E-state index contributed by atoms with van der Waals surface area (Å²) in [4.78, 5) is 11.6. The van der Waals surface area contributed by atoms with Gasteiger partial charge in [0.05, 0.1) is 12.8 Å². The Morgan fingerprint density at radius 2 is 1.70 bits per heavy atom. The van der Waals surface area contributed by atoms with Crippen molar-refractivity contribution >= 4 is 10.0 Å². The van der Waals surface area contributed by atoms with Crippen molar-refractivity contribution in [1.29, 1.82) is 0 Å². The summed E-state index contributed by atoms with van der Waals surface area (Å²) in [6.45, 7) is 0.768. The Balaban J connectivity index is 2.05. The van der Waals surface area contributed by atoms with Gasteiger partial charge in [0.1, 0.15) is 0 Å². The van der Waals surface area contributed by atoms with E-state index in [1.807, 2.05) is 30.3 Å². The molecular formula is C14H16N2O3S. The first-order valence-electron chi connectivity index (χ1n) is 6.12. The van der Waals surface area contributed by atoms with Crippen LogP contribution in [0, 0.1) is 0 Å². The number of nitrogens with one attached hydrogen (secondary N) is 1. The molecule has 1 heterocycles. The molecule has 2 rings (SSSR count). The smallest absolute Gasteiger partial charge is 0.250 e. The third-order valence-corrected chi connectivity index (χ3v) is 3.48. The Kier molecular flexibility index (Phi) is 4.36. The number of sulfonamides is 1. The zero-order valence-electron chi connectivity index (χ0n) is 11.1. The van der Waals surface area contributed by atoms with Crippen LogP contribution in [0.5, 0.6) is 0 Å². The summed E-state index contributed by atoms with van der Waals surface area (Å²) in [7, 11) is -3.18. The number of aromatic nitrogens is 1. The fraction of sp³-hybridized carbons (Fsp3) is 0.214. The predicted molar refractivity (Wildman–Crippen MR) is 77.9 cm³/mol. The minimum Gasteiger partial charge on any atom is -0.311 e. The van der Waals surface area contributed by atoms with E-state index < -0.39 is 10.0 Å². The number of hydrogen-bond donors (Lipinski definition) is 1. The molecule has 2 aromatic rings. The van der Waals surface area contributed by atoms with Gasteiger partial charge >= 0.3 is 0 Å². The molecule has 0 fully saturated rings. The standard InChI is InChI=1S/C14H16N2O3S/c1-20(18,19)15-10-12-5-7-13(8-6-12)11-16-9-3-2-4-14(16)17/h2-9,15H,10-11H2,1H3. The number of benzene rings is 1. The number of rotatable bonds is 5. The first-order valence-corrected chi connectivity index (χ1v) is 8.01. The van der Waals surface area contributed by atoms with Gasteiger partial charge in [-0.15, -0.1) is 0 Å². The largest absolute Gasteiger partial charge is 0.311 e. The van der Waals surface area contributed by atoms with Gasteiger partial charge in [-0.3, -0.25) is 4.79 Å². The summed E-state index contributed by atoms with van der Waals surface area (Å²) in [5, 5.41) is 0. The lowest BCUT2D eigenvalue weighted by atomic mass is 10.1. The summed E-state index contributed by atoms with van der Waals surface area (Å²) in [5.74, 6) is 0. The fourth-order valence-electron chi connectivity index (χ4n) is 1.76. The lowest BCUT2D eigenvalue weighted by Gasteiger charge is -2.07. The van der Waals surface area contributed by atoms with Crippen LogP contribution in [0.25, 0.3) is 0 Å². The second kappa shape index (κ2) is 6.02. The Morgan fingerprint density at radius 3 is 2.30 bits per heavy atom. The van der Waals surface area contributed by atoms with Crippen LogP contribution in [0.3, 0.4) is 0 Å². The van der Waals surface area contributed by atoms with E-state index in [4.69, 9.17) is 0 Å². The molecule has 5 nitrogen and oxygen atoms in total. The highest BCUT2D eigenvalue weighted by atomic mass is 32.2. The molecule has 20 heavy (non-hydrogen) atoms. The van der Waals surface area contributed by atoms with Gasteiger partial charge in [-0.25, -0.2) is 13.1 Å². The highest BCUT2D eigenvalue weighted by molar-refractivity contribution is 7.88. The van der Waals surface area contributed by atoms with Crippen LogP contribution in [-0.4, -0.2) is 19.2 Å². The van der Waals surface area contributed by atoms with E-state index in [1.54, 1.807) is 16.8 Å². The van der Waals surface area contributed by atoms with Crippen LogP contribution in [0.15, 0.2) is 53.5 Å². The van der Waals surface area contributed by atoms with E-state index in [1.165, 1.54) is 6.07 Å². The quantitative estimate of drug-likeness (QED) is 0.892. The van der Waals surface area contributed by atoms with Gasteiger partial charge in [0.25, 0.3) is 5.56 Å². The van der Waals surface area contributed by atoms with E-state index in [0.29, 0.717) is 6.54 Å². The van der Waals surface area contributed by atoms with Gasteiger partial charge in [0, 0.05) is 18.8 Å². The molecule has 106 valence electrons. The number of nitrogens with zero attached hydrogens (tertiary/aromatic N) is 1. The molecule has 0 atom stereocenters. The second-order valence-electron chi connectivity index (χ2n) is 4.58. The van der Waals surface area contributed by atoms with Gasteiger partial charge in [-0.05, 0) is 17.2 Å². The maximum atomic E-state index is 11.6. The molecule has 6 heteroatoms. The molecule has 0 aliphatic heterocycles. The average molecular weight is 292 g/mol. The SMILES string of the molecule is CS(=O)(=O)NCc1ccc(Cn2ccccc2=O)cc1. The molecule has 0 saturated heterocycles. The molecule has 0 unspecified atom stereocenters. The molecule has 0 bridgehead atoms. The van der Waals surface area contributed by atoms with Crippen molar-refractivity contribution < 1.29 is 8.42 Å². The Morgan fingerprint density at radius 1 is 1.05 bits per heavy atom. The normalized spacial score (nSPS) is 11.4. The van der Waals surface area contributed by atoms with Gasteiger partial charge in [0.2, 0.25) is 10.0 Å². The van der Waals surface area contributed by atoms with Crippen molar-refractivity contribution in [1.82, 2.24) is 9.29 Å². The van der Waals surface area contributed by atoms with Gasteiger partial charge in [-0.2, -0.15) is 0 Å². The van der Waals surface area contributed by atoms with Gasteiger partial charge < -0.3 is 4.57 Å². The molecule has 0 aliphatic rings. The maximum absolute atomic E-state index is 11.6. The van der Waals surface area contributed by atoms with E-state index in [2.05, 4.69) is 4.72 Å². The summed E-state index contributed by atoms with van der Waals surface area (Å²) < 4.78 is 26.1. The lowest BCUT2D eigenvalue weighted by Crippen LogP contribution is -2.21. The maximum Gasteiger partial charge on any atom is 0.250 e. The van der Waals surface area contributed by atoms with Crippen LogP contribution in [0.2, 0.25) is 0 Å². The highest BCUT2D eigenvalue weighted by Crippen LogP contribution is 2.06. The van der Waals surface area contributed by atoms with Gasteiger partial charge in [0.15, 0.2) is 0 Å². The topological polar surface area (TPSA) is 68.2 Å². The van der Waals surface area contributed by atoms with Crippen molar-refractivity contribution in [2.45, 2.75) is 13.1 Å². The van der Waals surface area contributed by atoms with Crippen molar-refractivity contribution in [2.24, 2.45) is 0 Å². The van der Waals surface area contributed by atoms with Crippen LogP contribution >= 0.6 is 0 Å². The van der Waals surface area contributed by atoms with E-state index >= 15 is 0 Å². The molecular weight excluding hydrogens is 276 g/mol. The van der Waals surface area contributed by atoms with Crippen LogP contribution in [0.4, 0.5) is 0 Å². The average Bonchev–Trinajstić information content (AvgIpc) is 2.40. The zero-order valence-corrected chi connectivity index (χ0v) is 11.9. The van der Waals surface area contributed by atoms with Crippen LogP contribution in [-0.2, 0) is 23.1 Å². The van der Waals surface area contributed by atoms with Crippen molar-refractivity contribution in [3.63, 3.8) is 0 Å². The first kappa shape index (κ1) is 14.5. The number of pyridine rings is 1. The molecule has 1 aromatic carbocycles. The summed E-state index contributed by atoms with van der Waals surface area (Å²) in [6, 6.07) is 12.5. The second-order valence-corrected chi connectivity index (χ2v) is 6.41. The highest BCUT2D eigenvalue weighted by Gasteiger charge is 2.01. The summed E-state index contributed by atoms with van der Waals surface area (Å²) in [6.07, 6.45) is 2.87. The Bertz CT molecular complexity index is 734. The number of hydrogen-bond acceptors (Lipinski definition) is 3. The monoisotopic (exact) mass is 292 g/mol. The lowest BCUT2D eigenvalue weighted by molar-refractivity contribution is 0.587. The molecule has 0 amide bonds. The van der Waals surface area contributed by atoms with E-state index in [9.17, 15) is 13.2 Å². The predicted octanol–water partition coefficient (Wildman–Crippen LogP) is 0.946. The van der Waals surface area contributed by atoms with E-state index in [0.717, 1.165) is 17.4 Å².